The van der Waals surface area contributed by atoms with E-state index in [-0.39, 0.29) is 5.78 Å². The van der Waals surface area contributed by atoms with Gasteiger partial charge in [0.2, 0.25) is 0 Å². The lowest BCUT2D eigenvalue weighted by Gasteiger charge is -2.29. The number of unbranched alkanes of at least 4 members (excludes halogenated alkanes) is 1. The van der Waals surface area contributed by atoms with E-state index < -0.39 is 5.41 Å². The zero-order valence-electron chi connectivity index (χ0n) is 11.2. The number of carbonyl (C=O) groups excluding carboxylic acids is 1. The average Bonchev–Trinajstić information content (AvgIpc) is 3.01. The van der Waals surface area contributed by atoms with Crippen LogP contribution >= 0.6 is 0 Å². The molecule has 0 radical (unpaired) electrons. The Morgan fingerprint density at radius 1 is 1.05 bits per heavy atom. The topological polar surface area (TPSA) is 17.1 Å². The summed E-state index contributed by atoms with van der Waals surface area (Å²) in [6.07, 6.45) is 11.5. The van der Waals surface area contributed by atoms with Gasteiger partial charge < -0.3 is 0 Å². The maximum atomic E-state index is 13.0. The Balaban J connectivity index is 2.01. The molecule has 0 amide bonds. The van der Waals surface area contributed by atoms with E-state index in [1.165, 1.54) is 11.1 Å². The number of carbonyl (C=O) groups is 1. The van der Waals surface area contributed by atoms with E-state index >= 15 is 0 Å². The molecule has 0 unspecified atom stereocenters. The first kappa shape index (κ1) is 12.2. The van der Waals surface area contributed by atoms with E-state index in [0.717, 1.165) is 24.8 Å². The Morgan fingerprint density at radius 2 is 1.68 bits per heavy atom. The van der Waals surface area contributed by atoms with Gasteiger partial charge in [-0.1, -0.05) is 74.4 Å². The summed E-state index contributed by atoms with van der Waals surface area (Å²) in [5.41, 5.74) is 2.77. The summed E-state index contributed by atoms with van der Waals surface area (Å²) in [7, 11) is 0. The van der Waals surface area contributed by atoms with Gasteiger partial charge in [0, 0.05) is 5.56 Å². The third-order valence-corrected chi connectivity index (χ3v) is 4.20. The monoisotopic (exact) mass is 250 g/mol. The van der Waals surface area contributed by atoms with Crippen LogP contribution in [-0.2, 0) is 0 Å². The standard InChI is InChI=1S/C18H18O/c1-2-3-13-18(15-9-10-16(18)12-11-15)17(19)14-7-5-4-6-8-14/h4-12H,2-3,13H2,1H3. The zero-order chi connectivity index (χ0) is 13.3. The fraction of sp³-hybridized carbons (Fsp3) is 0.278. The second-order valence-corrected chi connectivity index (χ2v) is 5.28. The number of ketones is 1. The van der Waals surface area contributed by atoms with Crippen molar-refractivity contribution < 1.29 is 4.79 Å². The van der Waals surface area contributed by atoms with Crippen molar-refractivity contribution in [2.24, 2.45) is 5.41 Å². The Morgan fingerprint density at radius 3 is 2.21 bits per heavy atom. The number of Topliss-reactive ketones (excluding diaryl/α,β-unsaturated/α-hetero) is 1. The molecule has 1 aromatic rings. The number of benzene rings is 1. The summed E-state index contributed by atoms with van der Waals surface area (Å²) in [6.45, 7) is 2.17. The van der Waals surface area contributed by atoms with E-state index in [2.05, 4.69) is 31.2 Å². The third-order valence-electron chi connectivity index (χ3n) is 4.20. The minimum absolute atomic E-state index is 0.251. The van der Waals surface area contributed by atoms with Gasteiger partial charge in [-0.15, -0.1) is 0 Å². The largest absolute Gasteiger partial charge is 0.293 e. The molecule has 0 heterocycles. The summed E-state index contributed by atoms with van der Waals surface area (Å²) in [5, 5.41) is 0. The van der Waals surface area contributed by atoms with Gasteiger partial charge in [-0.05, 0) is 17.6 Å². The van der Waals surface area contributed by atoms with Crippen LogP contribution in [-0.4, -0.2) is 5.78 Å². The molecule has 0 saturated heterocycles. The molecule has 0 aromatic heterocycles. The molecule has 1 aromatic carbocycles. The van der Waals surface area contributed by atoms with Gasteiger partial charge in [0.15, 0.2) is 5.78 Å². The lowest BCUT2D eigenvalue weighted by Crippen LogP contribution is -2.30. The van der Waals surface area contributed by atoms with Crippen LogP contribution in [0.25, 0.3) is 0 Å². The highest BCUT2D eigenvalue weighted by molar-refractivity contribution is 6.07. The lowest BCUT2D eigenvalue weighted by atomic mass is 9.71. The maximum absolute atomic E-state index is 13.0. The van der Waals surface area contributed by atoms with E-state index in [1.807, 2.05) is 30.3 Å². The Labute approximate surface area is 114 Å². The fourth-order valence-electron chi connectivity index (χ4n) is 3.15. The SMILES string of the molecule is CCCCC1(C(=O)c2ccccc2)C2=CC=C1C=C2. The van der Waals surface area contributed by atoms with Crippen LogP contribution in [0.15, 0.2) is 65.8 Å². The van der Waals surface area contributed by atoms with Crippen molar-refractivity contribution in [1.29, 1.82) is 0 Å². The van der Waals surface area contributed by atoms with Crippen LogP contribution in [0.2, 0.25) is 0 Å². The van der Waals surface area contributed by atoms with Crippen molar-refractivity contribution in [2.45, 2.75) is 26.2 Å². The predicted molar refractivity (Wildman–Crippen MR) is 78.0 cm³/mol. The summed E-state index contributed by atoms with van der Waals surface area (Å²) in [6, 6.07) is 9.68. The molecule has 1 nitrogen and oxygen atoms in total. The number of hydrogen-bond donors (Lipinski definition) is 0. The highest BCUT2D eigenvalue weighted by Gasteiger charge is 2.47. The van der Waals surface area contributed by atoms with Crippen LogP contribution in [0.3, 0.4) is 0 Å². The number of hydrogen-bond acceptors (Lipinski definition) is 1. The third kappa shape index (κ3) is 1.73. The molecular weight excluding hydrogens is 232 g/mol. The molecule has 19 heavy (non-hydrogen) atoms. The average molecular weight is 250 g/mol. The van der Waals surface area contributed by atoms with Crippen molar-refractivity contribution in [3.8, 4) is 0 Å². The molecule has 0 N–H and O–H groups in total. The first-order valence-electron chi connectivity index (χ1n) is 7.00. The van der Waals surface area contributed by atoms with E-state index in [9.17, 15) is 4.79 Å². The van der Waals surface area contributed by atoms with Crippen molar-refractivity contribution in [3.63, 3.8) is 0 Å². The predicted octanol–water partition coefficient (Wildman–Crippen LogP) is 4.48. The van der Waals surface area contributed by atoms with Crippen molar-refractivity contribution in [2.75, 3.05) is 0 Å². The number of rotatable bonds is 5. The van der Waals surface area contributed by atoms with E-state index in [1.54, 1.807) is 0 Å². The quantitative estimate of drug-likeness (QED) is 0.704. The molecule has 0 aliphatic heterocycles. The Kier molecular flexibility index (Phi) is 2.98. The van der Waals surface area contributed by atoms with Crippen molar-refractivity contribution in [1.82, 2.24) is 0 Å². The molecular formula is C18H18O. The van der Waals surface area contributed by atoms with Gasteiger partial charge in [-0.2, -0.15) is 0 Å². The van der Waals surface area contributed by atoms with Gasteiger partial charge in [-0.3, -0.25) is 4.79 Å². The molecule has 0 atom stereocenters. The number of allylic oxidation sites excluding steroid dienone is 6. The molecule has 2 bridgehead atoms. The summed E-state index contributed by atoms with van der Waals surface area (Å²) >= 11 is 0. The molecule has 3 rings (SSSR count). The minimum Gasteiger partial charge on any atom is -0.293 e. The first-order valence-corrected chi connectivity index (χ1v) is 7.00. The second-order valence-electron chi connectivity index (χ2n) is 5.28. The van der Waals surface area contributed by atoms with Gasteiger partial charge in [0.1, 0.15) is 0 Å². The Bertz CT molecular complexity index is 565. The highest BCUT2D eigenvalue weighted by atomic mass is 16.1. The first-order chi connectivity index (χ1) is 9.29. The van der Waals surface area contributed by atoms with Gasteiger partial charge in [0.05, 0.1) is 5.41 Å². The van der Waals surface area contributed by atoms with E-state index in [4.69, 9.17) is 0 Å². The molecule has 0 saturated carbocycles. The van der Waals surface area contributed by atoms with Crippen molar-refractivity contribution >= 4 is 5.78 Å². The lowest BCUT2D eigenvalue weighted by molar-refractivity contribution is 0.0876. The van der Waals surface area contributed by atoms with Crippen LogP contribution in [0.1, 0.15) is 36.5 Å². The normalized spacial score (nSPS) is 18.4. The van der Waals surface area contributed by atoms with Crippen LogP contribution in [0, 0.1) is 5.41 Å². The van der Waals surface area contributed by atoms with Crippen molar-refractivity contribution in [3.05, 3.63) is 71.3 Å². The molecule has 96 valence electrons. The summed E-state index contributed by atoms with van der Waals surface area (Å²) in [5.74, 6) is 0.251. The molecule has 1 heteroatoms. The molecule has 0 spiro atoms. The zero-order valence-corrected chi connectivity index (χ0v) is 11.2. The maximum Gasteiger partial charge on any atom is 0.177 e. The number of fused-ring (bicyclic) bond motifs is 2. The minimum atomic E-state index is -0.392. The molecule has 0 fully saturated rings. The van der Waals surface area contributed by atoms with Crippen LogP contribution in [0.4, 0.5) is 0 Å². The highest BCUT2D eigenvalue weighted by Crippen LogP contribution is 2.52. The molecule has 2 aliphatic carbocycles. The summed E-state index contributed by atoms with van der Waals surface area (Å²) in [4.78, 5) is 13.0. The van der Waals surface area contributed by atoms with Crippen LogP contribution < -0.4 is 0 Å². The second kappa shape index (κ2) is 4.65. The molecule has 2 aliphatic rings. The smallest absolute Gasteiger partial charge is 0.177 e. The summed E-state index contributed by atoms with van der Waals surface area (Å²) < 4.78 is 0. The van der Waals surface area contributed by atoms with Gasteiger partial charge in [-0.25, -0.2) is 0 Å². The Hall–Kier alpha value is -1.89. The van der Waals surface area contributed by atoms with Crippen LogP contribution in [0.5, 0.6) is 0 Å². The van der Waals surface area contributed by atoms with Gasteiger partial charge >= 0.3 is 0 Å². The van der Waals surface area contributed by atoms with Gasteiger partial charge in [0.25, 0.3) is 0 Å². The fourth-order valence-corrected chi connectivity index (χ4v) is 3.15. The van der Waals surface area contributed by atoms with E-state index in [0.29, 0.717) is 0 Å².